The van der Waals surface area contributed by atoms with E-state index in [1.54, 1.807) is 0 Å². The van der Waals surface area contributed by atoms with Crippen molar-refractivity contribution in [1.82, 2.24) is 5.32 Å². The number of aryl methyl sites for hydroxylation is 1. The summed E-state index contributed by atoms with van der Waals surface area (Å²) >= 11 is 0. The Bertz CT molecular complexity index is 682. The van der Waals surface area contributed by atoms with Gasteiger partial charge >= 0.3 is 0 Å². The lowest BCUT2D eigenvalue weighted by Crippen LogP contribution is -2.22. The highest BCUT2D eigenvalue weighted by molar-refractivity contribution is 5.94. The number of hydrogen-bond acceptors (Lipinski definition) is 3. The van der Waals surface area contributed by atoms with Crippen LogP contribution >= 0.6 is 0 Å². The van der Waals surface area contributed by atoms with E-state index in [2.05, 4.69) is 5.32 Å². The third-order valence-corrected chi connectivity index (χ3v) is 3.55. The summed E-state index contributed by atoms with van der Waals surface area (Å²) in [6, 6.07) is 13.3. The predicted octanol–water partition coefficient (Wildman–Crippen LogP) is 3.09. The van der Waals surface area contributed by atoms with E-state index in [1.165, 1.54) is 0 Å². The Kier molecular flexibility index (Phi) is 4.28. The summed E-state index contributed by atoms with van der Waals surface area (Å²) in [5.41, 5.74) is 2.74. The number of rotatable bonds is 3. The van der Waals surface area contributed by atoms with Gasteiger partial charge in [0.25, 0.3) is 5.91 Å². The van der Waals surface area contributed by atoms with Crippen LogP contribution in [0.5, 0.6) is 11.5 Å². The van der Waals surface area contributed by atoms with E-state index in [9.17, 15) is 4.79 Å². The van der Waals surface area contributed by atoms with Crippen molar-refractivity contribution in [1.29, 1.82) is 0 Å². The fourth-order valence-electron chi connectivity index (χ4n) is 2.39. The van der Waals surface area contributed by atoms with E-state index in [0.717, 1.165) is 29.0 Å². The molecule has 0 atom stereocenters. The van der Waals surface area contributed by atoms with Crippen LogP contribution in [0.25, 0.3) is 0 Å². The van der Waals surface area contributed by atoms with E-state index in [0.29, 0.717) is 25.3 Å². The summed E-state index contributed by atoms with van der Waals surface area (Å²) in [4.78, 5) is 12.1. The minimum Gasteiger partial charge on any atom is -0.490 e. The number of nitrogens with one attached hydrogen (secondary N) is 1. The predicted molar refractivity (Wildman–Crippen MR) is 84.4 cm³/mol. The number of ether oxygens (including phenoxy) is 2. The summed E-state index contributed by atoms with van der Waals surface area (Å²) in [6.45, 7) is 3.77. The van der Waals surface area contributed by atoms with Crippen LogP contribution in [-0.2, 0) is 6.54 Å². The SMILES string of the molecule is Cc1cccc(C(=O)NCc2ccc3c(c2)OCCCO3)c1. The maximum absolute atomic E-state index is 12.1. The van der Waals surface area contributed by atoms with E-state index < -0.39 is 0 Å². The van der Waals surface area contributed by atoms with Gasteiger partial charge in [0.2, 0.25) is 0 Å². The lowest BCUT2D eigenvalue weighted by molar-refractivity contribution is 0.0951. The lowest BCUT2D eigenvalue weighted by Gasteiger charge is -2.10. The standard InChI is InChI=1S/C18H19NO3/c1-13-4-2-5-15(10-13)18(20)19-12-14-6-7-16-17(11-14)22-9-3-8-21-16/h2,4-7,10-11H,3,8-9,12H2,1H3,(H,19,20). The highest BCUT2D eigenvalue weighted by atomic mass is 16.5. The van der Waals surface area contributed by atoms with E-state index in [1.807, 2.05) is 49.4 Å². The zero-order valence-corrected chi connectivity index (χ0v) is 12.6. The first kappa shape index (κ1) is 14.4. The molecule has 3 rings (SSSR count). The third-order valence-electron chi connectivity index (χ3n) is 3.55. The topological polar surface area (TPSA) is 47.6 Å². The molecule has 0 aliphatic carbocycles. The maximum Gasteiger partial charge on any atom is 0.251 e. The molecule has 0 spiro atoms. The van der Waals surface area contributed by atoms with Crippen molar-refractivity contribution < 1.29 is 14.3 Å². The van der Waals surface area contributed by atoms with Crippen LogP contribution in [0.1, 0.15) is 27.9 Å². The highest BCUT2D eigenvalue weighted by Gasteiger charge is 2.11. The van der Waals surface area contributed by atoms with Gasteiger partial charge in [-0.05, 0) is 36.8 Å². The molecule has 22 heavy (non-hydrogen) atoms. The number of carbonyl (C=O) groups is 1. The fraction of sp³-hybridized carbons (Fsp3) is 0.278. The van der Waals surface area contributed by atoms with Gasteiger partial charge in [-0.2, -0.15) is 0 Å². The second kappa shape index (κ2) is 6.52. The van der Waals surface area contributed by atoms with Gasteiger partial charge in [-0.3, -0.25) is 4.79 Å². The molecule has 2 aromatic rings. The molecule has 1 aliphatic rings. The minimum atomic E-state index is -0.0733. The molecule has 0 saturated heterocycles. The molecule has 2 aromatic carbocycles. The molecule has 0 radical (unpaired) electrons. The number of carbonyl (C=O) groups excluding carboxylic acids is 1. The summed E-state index contributed by atoms with van der Waals surface area (Å²) in [6.07, 6.45) is 0.883. The van der Waals surface area contributed by atoms with E-state index in [4.69, 9.17) is 9.47 Å². The van der Waals surface area contributed by atoms with Crippen molar-refractivity contribution >= 4 is 5.91 Å². The molecule has 0 fully saturated rings. The van der Waals surface area contributed by atoms with Crippen LogP contribution in [-0.4, -0.2) is 19.1 Å². The second-order valence-corrected chi connectivity index (χ2v) is 5.38. The van der Waals surface area contributed by atoms with Crippen LogP contribution in [0.3, 0.4) is 0 Å². The molecule has 1 heterocycles. The smallest absolute Gasteiger partial charge is 0.251 e. The summed E-state index contributed by atoms with van der Waals surface area (Å²) in [5.74, 6) is 1.45. The summed E-state index contributed by atoms with van der Waals surface area (Å²) in [7, 11) is 0. The number of amides is 1. The Balaban J connectivity index is 1.66. The molecule has 0 bridgehead atoms. The summed E-state index contributed by atoms with van der Waals surface area (Å²) < 4.78 is 11.3. The van der Waals surface area contributed by atoms with Crippen molar-refractivity contribution in [2.45, 2.75) is 19.9 Å². The molecular formula is C18H19NO3. The molecule has 4 nitrogen and oxygen atoms in total. The number of hydrogen-bond donors (Lipinski definition) is 1. The van der Waals surface area contributed by atoms with Crippen LogP contribution in [0, 0.1) is 6.92 Å². The number of fused-ring (bicyclic) bond motifs is 1. The van der Waals surface area contributed by atoms with Crippen molar-refractivity contribution in [3.63, 3.8) is 0 Å². The average Bonchev–Trinajstić information content (AvgIpc) is 2.77. The van der Waals surface area contributed by atoms with Crippen LogP contribution in [0.2, 0.25) is 0 Å². The summed E-state index contributed by atoms with van der Waals surface area (Å²) in [5, 5.41) is 2.93. The Hall–Kier alpha value is -2.49. The normalized spacial score (nSPS) is 13.3. The molecule has 0 saturated carbocycles. The van der Waals surface area contributed by atoms with E-state index >= 15 is 0 Å². The Morgan fingerprint density at radius 2 is 1.91 bits per heavy atom. The van der Waals surface area contributed by atoms with Crippen LogP contribution in [0.15, 0.2) is 42.5 Å². The van der Waals surface area contributed by atoms with Crippen molar-refractivity contribution in [3.8, 4) is 11.5 Å². The maximum atomic E-state index is 12.1. The molecular weight excluding hydrogens is 278 g/mol. The fourth-order valence-corrected chi connectivity index (χ4v) is 2.39. The zero-order chi connectivity index (χ0) is 15.4. The Morgan fingerprint density at radius 1 is 1.09 bits per heavy atom. The van der Waals surface area contributed by atoms with Gasteiger partial charge in [-0.25, -0.2) is 0 Å². The molecule has 1 N–H and O–H groups in total. The molecule has 0 aromatic heterocycles. The Morgan fingerprint density at radius 3 is 2.73 bits per heavy atom. The van der Waals surface area contributed by atoms with Crippen molar-refractivity contribution in [2.24, 2.45) is 0 Å². The van der Waals surface area contributed by atoms with Gasteiger partial charge in [0.05, 0.1) is 13.2 Å². The largest absolute Gasteiger partial charge is 0.490 e. The first-order valence-electron chi connectivity index (χ1n) is 7.46. The molecule has 0 unspecified atom stereocenters. The molecule has 114 valence electrons. The highest BCUT2D eigenvalue weighted by Crippen LogP contribution is 2.30. The zero-order valence-electron chi connectivity index (χ0n) is 12.6. The van der Waals surface area contributed by atoms with E-state index in [-0.39, 0.29) is 5.91 Å². The number of benzene rings is 2. The van der Waals surface area contributed by atoms with Crippen LogP contribution in [0.4, 0.5) is 0 Å². The molecule has 1 aliphatic heterocycles. The third kappa shape index (κ3) is 3.39. The Labute approximate surface area is 130 Å². The first-order valence-corrected chi connectivity index (χ1v) is 7.46. The average molecular weight is 297 g/mol. The van der Waals surface area contributed by atoms with Crippen molar-refractivity contribution in [3.05, 3.63) is 59.2 Å². The van der Waals surface area contributed by atoms with Gasteiger partial charge in [-0.15, -0.1) is 0 Å². The van der Waals surface area contributed by atoms with Gasteiger partial charge in [0.1, 0.15) is 0 Å². The molecule has 4 heteroatoms. The van der Waals surface area contributed by atoms with Crippen molar-refractivity contribution in [2.75, 3.05) is 13.2 Å². The lowest BCUT2D eigenvalue weighted by atomic mass is 10.1. The monoisotopic (exact) mass is 297 g/mol. The van der Waals surface area contributed by atoms with Gasteiger partial charge in [-0.1, -0.05) is 23.8 Å². The van der Waals surface area contributed by atoms with Crippen LogP contribution < -0.4 is 14.8 Å². The van der Waals surface area contributed by atoms with Gasteiger partial charge in [0.15, 0.2) is 11.5 Å². The second-order valence-electron chi connectivity index (χ2n) is 5.38. The quantitative estimate of drug-likeness (QED) is 0.947. The van der Waals surface area contributed by atoms with Gasteiger partial charge < -0.3 is 14.8 Å². The van der Waals surface area contributed by atoms with Gasteiger partial charge in [0, 0.05) is 18.5 Å². The molecule has 1 amide bonds. The minimum absolute atomic E-state index is 0.0733. The first-order chi connectivity index (χ1) is 10.7.